The summed E-state index contributed by atoms with van der Waals surface area (Å²) in [5, 5.41) is 5.81. The van der Waals surface area contributed by atoms with Crippen molar-refractivity contribution in [2.24, 2.45) is 0 Å². The number of carbonyl (C=O) groups is 3. The third-order valence-corrected chi connectivity index (χ3v) is 7.23. The van der Waals surface area contributed by atoms with E-state index in [2.05, 4.69) is 27.7 Å². The number of carbonyl (C=O) groups excluding carboxylic acids is 3. The van der Waals surface area contributed by atoms with E-state index >= 15 is 0 Å². The predicted octanol–water partition coefficient (Wildman–Crippen LogP) is 4.16. The van der Waals surface area contributed by atoms with Gasteiger partial charge in [-0.3, -0.25) is 14.5 Å². The van der Waals surface area contributed by atoms with Crippen LogP contribution >= 0.6 is 11.3 Å². The molecular weight excluding hydrogens is 454 g/mol. The molecule has 8 nitrogen and oxygen atoms in total. The molecule has 0 radical (unpaired) electrons. The van der Waals surface area contributed by atoms with E-state index in [1.807, 2.05) is 12.1 Å². The van der Waals surface area contributed by atoms with Crippen molar-refractivity contribution >= 4 is 34.1 Å². The van der Waals surface area contributed by atoms with Crippen molar-refractivity contribution in [3.63, 3.8) is 0 Å². The van der Waals surface area contributed by atoms with Crippen molar-refractivity contribution < 1.29 is 23.9 Å². The Hall–Kier alpha value is -2.91. The van der Waals surface area contributed by atoms with E-state index in [4.69, 9.17) is 9.47 Å². The van der Waals surface area contributed by atoms with Gasteiger partial charge >= 0.3 is 5.97 Å². The second-order valence-corrected chi connectivity index (χ2v) is 9.24. The van der Waals surface area contributed by atoms with Gasteiger partial charge in [0.15, 0.2) is 0 Å². The predicted molar refractivity (Wildman–Crippen MR) is 133 cm³/mol. The molecule has 1 aliphatic rings. The van der Waals surface area contributed by atoms with Gasteiger partial charge in [-0.25, -0.2) is 4.79 Å². The summed E-state index contributed by atoms with van der Waals surface area (Å²) < 4.78 is 10.5. The number of likely N-dealkylation sites (tertiary alicyclic amines) is 1. The van der Waals surface area contributed by atoms with Crippen molar-refractivity contribution in [1.82, 2.24) is 10.2 Å². The average Bonchev–Trinajstić information content (AvgIpc) is 2.99. The number of hydrogen-bond donors (Lipinski definition) is 2. The maximum absolute atomic E-state index is 13.1. The Morgan fingerprint density at radius 2 is 1.88 bits per heavy atom. The maximum atomic E-state index is 13.1. The Morgan fingerprint density at radius 1 is 1.15 bits per heavy atom. The van der Waals surface area contributed by atoms with Crippen molar-refractivity contribution in [3.05, 3.63) is 45.8 Å². The first-order valence-electron chi connectivity index (χ1n) is 11.6. The highest BCUT2D eigenvalue weighted by Gasteiger charge is 2.28. The summed E-state index contributed by atoms with van der Waals surface area (Å²) in [4.78, 5) is 40.6. The van der Waals surface area contributed by atoms with Gasteiger partial charge in [-0.15, -0.1) is 11.3 Å². The fourth-order valence-corrected chi connectivity index (χ4v) is 5.45. The van der Waals surface area contributed by atoms with Crippen LogP contribution in [0.25, 0.3) is 0 Å². The average molecular weight is 488 g/mol. The number of amides is 2. The zero-order valence-electron chi connectivity index (χ0n) is 20.2. The SMILES string of the molecule is CCOC(=O)c1c(NC(=O)CN2CCCCC[C@H]2c2ccc(OC)cc2)sc(C(=O)NC)c1C. The number of nitrogens with one attached hydrogen (secondary N) is 2. The van der Waals surface area contributed by atoms with E-state index in [1.165, 1.54) is 7.05 Å². The van der Waals surface area contributed by atoms with Gasteiger partial charge in [-0.05, 0) is 56.5 Å². The van der Waals surface area contributed by atoms with Crippen molar-refractivity contribution in [2.45, 2.75) is 45.6 Å². The normalized spacial score (nSPS) is 16.4. The Balaban J connectivity index is 1.82. The molecule has 1 fully saturated rings. The fourth-order valence-electron chi connectivity index (χ4n) is 4.29. The molecule has 3 rings (SSSR count). The standard InChI is InChI=1S/C25H33N3O5S/c1-5-33-25(31)21-16(2)22(23(30)26-3)34-24(21)27-20(29)15-28-14-8-6-7-9-19(28)17-10-12-18(32-4)13-11-17/h10-13,19H,5-9,14-15H2,1-4H3,(H,26,30)(H,27,29)/t19-/m0/s1. The van der Waals surface area contributed by atoms with Crippen LogP contribution in [0.5, 0.6) is 5.75 Å². The molecule has 0 bridgehead atoms. The van der Waals surface area contributed by atoms with Crippen LogP contribution in [0.3, 0.4) is 0 Å². The first kappa shape index (κ1) is 25.7. The number of hydrogen-bond acceptors (Lipinski definition) is 7. The Morgan fingerprint density at radius 3 is 2.53 bits per heavy atom. The second kappa shape index (κ2) is 12.0. The number of nitrogens with zero attached hydrogens (tertiary/aromatic N) is 1. The smallest absolute Gasteiger partial charge is 0.341 e. The minimum atomic E-state index is -0.549. The summed E-state index contributed by atoms with van der Waals surface area (Å²) in [6, 6.07) is 8.11. The van der Waals surface area contributed by atoms with Crippen LogP contribution in [0.1, 0.15) is 69.8 Å². The van der Waals surface area contributed by atoms with E-state index < -0.39 is 5.97 Å². The van der Waals surface area contributed by atoms with Crippen LogP contribution < -0.4 is 15.4 Å². The van der Waals surface area contributed by atoms with Gasteiger partial charge in [-0.1, -0.05) is 25.0 Å². The van der Waals surface area contributed by atoms with E-state index in [1.54, 1.807) is 21.0 Å². The highest BCUT2D eigenvalue weighted by molar-refractivity contribution is 7.18. The minimum absolute atomic E-state index is 0.121. The zero-order valence-corrected chi connectivity index (χ0v) is 21.0. The van der Waals surface area contributed by atoms with Crippen LogP contribution in [0.15, 0.2) is 24.3 Å². The van der Waals surface area contributed by atoms with Gasteiger partial charge in [0, 0.05) is 13.1 Å². The summed E-state index contributed by atoms with van der Waals surface area (Å²) in [5.74, 6) is -0.281. The molecule has 184 valence electrons. The highest BCUT2D eigenvalue weighted by atomic mass is 32.1. The number of methoxy groups -OCH3 is 1. The highest BCUT2D eigenvalue weighted by Crippen LogP contribution is 2.35. The third-order valence-electron chi connectivity index (χ3n) is 6.02. The first-order chi connectivity index (χ1) is 16.4. The molecule has 1 saturated heterocycles. The van der Waals surface area contributed by atoms with Gasteiger partial charge in [0.05, 0.1) is 30.7 Å². The van der Waals surface area contributed by atoms with E-state index in [9.17, 15) is 14.4 Å². The van der Waals surface area contributed by atoms with Gasteiger partial charge in [-0.2, -0.15) is 0 Å². The molecule has 1 atom stereocenters. The molecule has 1 aromatic heterocycles. The van der Waals surface area contributed by atoms with Crippen LogP contribution in [0.4, 0.5) is 5.00 Å². The molecule has 0 saturated carbocycles. The summed E-state index contributed by atoms with van der Waals surface area (Å²) in [6.45, 7) is 4.61. The van der Waals surface area contributed by atoms with Crippen LogP contribution in [0, 0.1) is 6.92 Å². The molecule has 2 aromatic rings. The molecule has 0 spiro atoms. The summed E-state index contributed by atoms with van der Waals surface area (Å²) in [5.41, 5.74) is 1.89. The topological polar surface area (TPSA) is 97.0 Å². The van der Waals surface area contributed by atoms with Crippen LogP contribution in [0.2, 0.25) is 0 Å². The minimum Gasteiger partial charge on any atom is -0.497 e. The number of esters is 1. The molecule has 9 heteroatoms. The third kappa shape index (κ3) is 5.95. The Labute approximate surface area is 204 Å². The number of rotatable bonds is 8. The second-order valence-electron chi connectivity index (χ2n) is 8.22. The fraction of sp³-hybridized carbons (Fsp3) is 0.480. The van der Waals surface area contributed by atoms with Crippen molar-refractivity contribution in [1.29, 1.82) is 0 Å². The summed E-state index contributed by atoms with van der Waals surface area (Å²) >= 11 is 1.09. The molecule has 0 aliphatic carbocycles. The van der Waals surface area contributed by atoms with E-state index in [-0.39, 0.29) is 36.6 Å². The van der Waals surface area contributed by atoms with Gasteiger partial charge in [0.1, 0.15) is 10.8 Å². The molecule has 2 heterocycles. The number of benzene rings is 1. The monoisotopic (exact) mass is 487 g/mol. The lowest BCUT2D eigenvalue weighted by Gasteiger charge is -2.29. The lowest BCUT2D eigenvalue weighted by atomic mass is 10.0. The lowest BCUT2D eigenvalue weighted by Crippen LogP contribution is -2.36. The maximum Gasteiger partial charge on any atom is 0.341 e. The zero-order chi connectivity index (χ0) is 24.7. The lowest BCUT2D eigenvalue weighted by molar-refractivity contribution is -0.117. The number of ether oxygens (including phenoxy) is 2. The van der Waals surface area contributed by atoms with Gasteiger partial charge in [0.25, 0.3) is 5.91 Å². The quantitative estimate of drug-likeness (QED) is 0.543. The van der Waals surface area contributed by atoms with Crippen LogP contribution in [-0.4, -0.2) is 56.5 Å². The van der Waals surface area contributed by atoms with Crippen molar-refractivity contribution in [2.75, 3.05) is 39.2 Å². The molecule has 2 amide bonds. The Bertz CT molecular complexity index is 1020. The number of thiophene rings is 1. The molecule has 1 aliphatic heterocycles. The molecule has 0 unspecified atom stereocenters. The molecule has 2 N–H and O–H groups in total. The summed E-state index contributed by atoms with van der Waals surface area (Å²) in [7, 11) is 3.17. The van der Waals surface area contributed by atoms with Gasteiger partial charge in [0.2, 0.25) is 5.91 Å². The molecular formula is C25H33N3O5S. The summed E-state index contributed by atoms with van der Waals surface area (Å²) in [6.07, 6.45) is 4.21. The first-order valence-corrected chi connectivity index (χ1v) is 12.4. The van der Waals surface area contributed by atoms with E-state index in [0.29, 0.717) is 15.4 Å². The van der Waals surface area contributed by atoms with E-state index in [0.717, 1.165) is 54.9 Å². The molecule has 34 heavy (non-hydrogen) atoms. The molecule has 1 aromatic carbocycles. The number of anilines is 1. The largest absolute Gasteiger partial charge is 0.497 e. The Kier molecular flexibility index (Phi) is 9.06. The van der Waals surface area contributed by atoms with Crippen LogP contribution in [-0.2, 0) is 9.53 Å². The van der Waals surface area contributed by atoms with Crippen molar-refractivity contribution in [3.8, 4) is 5.75 Å². The van der Waals surface area contributed by atoms with Gasteiger partial charge < -0.3 is 20.1 Å².